The summed E-state index contributed by atoms with van der Waals surface area (Å²) in [5, 5.41) is 13.0. The highest BCUT2D eigenvalue weighted by atomic mass is 32.2. The third-order valence-corrected chi connectivity index (χ3v) is 5.10. The number of aliphatic imine (C=N–C) groups is 1. The van der Waals surface area contributed by atoms with Crippen LogP contribution in [-0.4, -0.2) is 45.8 Å². The van der Waals surface area contributed by atoms with Crippen LogP contribution < -0.4 is 5.32 Å². The van der Waals surface area contributed by atoms with E-state index in [2.05, 4.69) is 30.8 Å². The van der Waals surface area contributed by atoms with Crippen molar-refractivity contribution in [2.75, 3.05) is 19.6 Å². The third-order valence-electron chi connectivity index (χ3n) is 4.15. The van der Waals surface area contributed by atoms with E-state index in [0.29, 0.717) is 23.7 Å². The molecule has 4 rings (SSSR count). The summed E-state index contributed by atoms with van der Waals surface area (Å²) in [7, 11) is 0. The van der Waals surface area contributed by atoms with Crippen molar-refractivity contribution >= 4 is 22.8 Å². The molecule has 0 bridgehead atoms. The first kappa shape index (κ1) is 16.0. The number of furan rings is 1. The lowest BCUT2D eigenvalue weighted by atomic mass is 10.2. The Balaban J connectivity index is 1.32. The number of hydrogen-bond acceptors (Lipinski definition) is 6. The second-order valence-corrected chi connectivity index (χ2v) is 6.82. The molecule has 0 atom stereocenters. The molecule has 0 aliphatic carbocycles. The molecule has 0 aromatic carbocycles. The molecule has 0 radical (unpaired) electrons. The molecule has 2 N–H and O–H groups in total. The minimum Gasteiger partial charge on any atom is -0.460 e. The molecule has 4 heterocycles. The first-order valence-corrected chi connectivity index (χ1v) is 9.17. The van der Waals surface area contributed by atoms with E-state index >= 15 is 0 Å². The van der Waals surface area contributed by atoms with E-state index in [1.165, 1.54) is 5.70 Å². The highest BCUT2D eigenvalue weighted by Gasteiger charge is 2.24. The smallest absolute Gasteiger partial charge is 0.271 e. The van der Waals surface area contributed by atoms with Gasteiger partial charge < -0.3 is 14.6 Å². The van der Waals surface area contributed by atoms with Crippen LogP contribution in [0.4, 0.5) is 0 Å². The van der Waals surface area contributed by atoms with Crippen LogP contribution in [0.3, 0.4) is 0 Å². The lowest BCUT2D eigenvalue weighted by Crippen LogP contribution is -2.32. The molecule has 0 unspecified atom stereocenters. The zero-order valence-corrected chi connectivity index (χ0v) is 14.7. The predicted octanol–water partition coefficient (Wildman–Crippen LogP) is 2.75. The minimum atomic E-state index is -0.190. The highest BCUT2D eigenvalue weighted by molar-refractivity contribution is 8.16. The maximum absolute atomic E-state index is 12.3. The van der Waals surface area contributed by atoms with Gasteiger partial charge in [-0.05, 0) is 30.9 Å². The monoisotopic (exact) mass is 357 g/mol. The number of hydrogen-bond donors (Lipinski definition) is 2. The van der Waals surface area contributed by atoms with Crippen LogP contribution in [0.2, 0.25) is 0 Å². The number of H-pyrrole nitrogens is 1. The van der Waals surface area contributed by atoms with Gasteiger partial charge in [-0.25, -0.2) is 0 Å². The van der Waals surface area contributed by atoms with E-state index in [4.69, 9.17) is 4.42 Å². The number of thioether (sulfide) groups is 1. The quantitative estimate of drug-likeness (QED) is 0.859. The molecule has 2 aliphatic heterocycles. The van der Waals surface area contributed by atoms with Crippen molar-refractivity contribution in [1.29, 1.82) is 0 Å². The number of aromatic amines is 1. The number of fused-ring (bicyclic) bond motifs is 1. The number of carbonyl (C=O) groups is 1. The van der Waals surface area contributed by atoms with Crippen molar-refractivity contribution in [3.8, 4) is 11.5 Å². The first-order chi connectivity index (χ1) is 12.2. The molecular formula is C17H19N5O2S. The Kier molecular flexibility index (Phi) is 4.35. The fraction of sp³-hybridized carbons (Fsp3) is 0.353. The Hall–Kier alpha value is -2.48. The van der Waals surface area contributed by atoms with Crippen molar-refractivity contribution in [2.24, 2.45) is 4.99 Å². The van der Waals surface area contributed by atoms with Crippen molar-refractivity contribution in [2.45, 2.75) is 19.8 Å². The molecule has 2 aliphatic rings. The molecular weight excluding hydrogens is 338 g/mol. The molecule has 2 aromatic heterocycles. The van der Waals surface area contributed by atoms with Crippen LogP contribution in [0.1, 0.15) is 29.1 Å². The maximum Gasteiger partial charge on any atom is 0.271 e. The van der Waals surface area contributed by atoms with Crippen LogP contribution >= 0.6 is 11.8 Å². The van der Waals surface area contributed by atoms with E-state index in [1.54, 1.807) is 17.8 Å². The van der Waals surface area contributed by atoms with Crippen molar-refractivity contribution in [3.05, 3.63) is 40.8 Å². The first-order valence-electron chi connectivity index (χ1n) is 8.29. The van der Waals surface area contributed by atoms with Gasteiger partial charge >= 0.3 is 0 Å². The maximum atomic E-state index is 12.3. The van der Waals surface area contributed by atoms with Gasteiger partial charge in [0.1, 0.15) is 11.5 Å². The molecule has 7 nitrogen and oxygen atoms in total. The van der Waals surface area contributed by atoms with Crippen LogP contribution in [0.15, 0.2) is 38.7 Å². The Bertz CT molecular complexity index is 851. The summed E-state index contributed by atoms with van der Waals surface area (Å²) in [6, 6.07) is 5.43. The van der Waals surface area contributed by atoms with Gasteiger partial charge in [-0.1, -0.05) is 11.8 Å². The van der Waals surface area contributed by atoms with Gasteiger partial charge in [0.2, 0.25) is 0 Å². The lowest BCUT2D eigenvalue weighted by molar-refractivity contribution is 0.0948. The number of carbonyl (C=O) groups excluding carboxylic acids is 1. The summed E-state index contributed by atoms with van der Waals surface area (Å²) < 4.78 is 5.53. The van der Waals surface area contributed by atoms with E-state index < -0.39 is 0 Å². The number of aromatic nitrogens is 2. The molecule has 0 fully saturated rings. The molecule has 8 heteroatoms. The summed E-state index contributed by atoms with van der Waals surface area (Å²) in [6.45, 7) is 4.36. The number of aryl methyl sites for hydroxylation is 1. The normalized spacial score (nSPS) is 16.4. The zero-order chi connectivity index (χ0) is 17.2. The second-order valence-electron chi connectivity index (χ2n) is 5.98. The molecule has 0 saturated heterocycles. The second kappa shape index (κ2) is 6.79. The van der Waals surface area contributed by atoms with Crippen LogP contribution in [0.5, 0.6) is 0 Å². The Labute approximate surface area is 149 Å². The molecule has 0 saturated carbocycles. The zero-order valence-electron chi connectivity index (χ0n) is 13.9. The topological polar surface area (TPSA) is 86.5 Å². The van der Waals surface area contributed by atoms with Gasteiger partial charge in [0, 0.05) is 37.8 Å². The molecule has 1 amide bonds. The Morgan fingerprint density at radius 3 is 3.24 bits per heavy atom. The van der Waals surface area contributed by atoms with Gasteiger partial charge in [-0.2, -0.15) is 5.10 Å². The number of rotatable bonds is 5. The van der Waals surface area contributed by atoms with E-state index in [-0.39, 0.29) is 5.91 Å². The molecule has 130 valence electrons. The number of amidine groups is 1. The van der Waals surface area contributed by atoms with E-state index in [1.807, 2.05) is 19.1 Å². The average Bonchev–Trinajstić information content (AvgIpc) is 3.34. The number of nitrogens with zero attached hydrogens (tertiary/aromatic N) is 3. The fourth-order valence-electron chi connectivity index (χ4n) is 2.87. The van der Waals surface area contributed by atoms with Crippen LogP contribution in [0, 0.1) is 6.92 Å². The highest BCUT2D eigenvalue weighted by Crippen LogP contribution is 2.30. The van der Waals surface area contributed by atoms with Gasteiger partial charge in [-0.3, -0.25) is 14.9 Å². The number of nitrogens with one attached hydrogen (secondary N) is 2. The third kappa shape index (κ3) is 3.34. The largest absolute Gasteiger partial charge is 0.460 e. The van der Waals surface area contributed by atoms with Crippen LogP contribution in [0.25, 0.3) is 11.5 Å². The molecule has 0 spiro atoms. The standard InChI is InChI=1S/C17H19N5O2S/c1-11-3-4-15(24-11)13-9-14(21-20-13)16(23)18-7-5-12-10-25-17-19-6-2-8-22(12)17/h3-4,9-10H,2,5-8H2,1H3,(H,18,23)(H,20,21). The Morgan fingerprint density at radius 2 is 2.40 bits per heavy atom. The molecule has 2 aromatic rings. The predicted molar refractivity (Wildman–Crippen MR) is 97.3 cm³/mol. The Morgan fingerprint density at radius 1 is 1.48 bits per heavy atom. The van der Waals surface area contributed by atoms with E-state index in [9.17, 15) is 4.79 Å². The summed E-state index contributed by atoms with van der Waals surface area (Å²) in [4.78, 5) is 19.0. The lowest BCUT2D eigenvalue weighted by Gasteiger charge is -2.25. The SMILES string of the molecule is Cc1ccc(-c2cc(C(=O)NCCC3=CSC4=NCCCN34)n[nH]2)o1. The van der Waals surface area contributed by atoms with Crippen molar-refractivity contribution in [3.63, 3.8) is 0 Å². The summed E-state index contributed by atoms with van der Waals surface area (Å²) in [5.74, 6) is 1.30. The van der Waals surface area contributed by atoms with Gasteiger partial charge in [0.15, 0.2) is 16.6 Å². The molecule has 25 heavy (non-hydrogen) atoms. The van der Waals surface area contributed by atoms with Crippen LogP contribution in [-0.2, 0) is 0 Å². The van der Waals surface area contributed by atoms with Gasteiger partial charge in [0.05, 0.1) is 0 Å². The van der Waals surface area contributed by atoms with E-state index in [0.717, 1.165) is 36.9 Å². The van der Waals surface area contributed by atoms with Gasteiger partial charge in [0.25, 0.3) is 5.91 Å². The summed E-state index contributed by atoms with van der Waals surface area (Å²) in [6.07, 6.45) is 1.86. The van der Waals surface area contributed by atoms with Crippen molar-refractivity contribution < 1.29 is 9.21 Å². The van der Waals surface area contributed by atoms with Crippen molar-refractivity contribution in [1.82, 2.24) is 20.4 Å². The number of amides is 1. The minimum absolute atomic E-state index is 0.190. The fourth-order valence-corrected chi connectivity index (χ4v) is 3.86. The summed E-state index contributed by atoms with van der Waals surface area (Å²) >= 11 is 1.67. The van der Waals surface area contributed by atoms with Gasteiger partial charge in [-0.15, -0.1) is 0 Å². The summed E-state index contributed by atoms with van der Waals surface area (Å²) in [5.41, 5.74) is 2.28. The average molecular weight is 357 g/mol.